The van der Waals surface area contributed by atoms with Gasteiger partial charge in [0.15, 0.2) is 6.54 Å². The van der Waals surface area contributed by atoms with Gasteiger partial charge in [0.2, 0.25) is 0 Å². The van der Waals surface area contributed by atoms with Crippen LogP contribution in [0, 0.1) is 0 Å². The summed E-state index contributed by atoms with van der Waals surface area (Å²) >= 11 is 1.65. The first-order valence-corrected chi connectivity index (χ1v) is 11.1. The van der Waals surface area contributed by atoms with Crippen LogP contribution in [0.2, 0.25) is 0 Å². The highest BCUT2D eigenvalue weighted by molar-refractivity contribution is 7.18. The van der Waals surface area contributed by atoms with Crippen LogP contribution in [-0.4, -0.2) is 50.1 Å². The second-order valence-corrected chi connectivity index (χ2v) is 8.83. The van der Waals surface area contributed by atoms with Crippen LogP contribution >= 0.6 is 11.3 Å². The molecule has 0 aliphatic carbocycles. The van der Waals surface area contributed by atoms with Crippen LogP contribution in [0.5, 0.6) is 11.5 Å². The topological polar surface area (TPSA) is 56.1 Å². The molecule has 7 heteroatoms. The fourth-order valence-corrected chi connectivity index (χ4v) is 5.24. The number of benzene rings is 2. The fraction of sp³-hybridized carbons (Fsp3) is 0.391. The Hall–Kier alpha value is -2.64. The van der Waals surface area contributed by atoms with Crippen molar-refractivity contribution in [2.45, 2.75) is 25.4 Å². The molecule has 0 spiro atoms. The molecule has 0 radical (unpaired) electrons. The number of amides is 1. The predicted octanol–water partition coefficient (Wildman–Crippen LogP) is 2.69. The van der Waals surface area contributed by atoms with Gasteiger partial charge in [0, 0.05) is 19.9 Å². The Morgan fingerprint density at radius 2 is 2.07 bits per heavy atom. The monoisotopic (exact) mass is 426 g/mol. The Balaban J connectivity index is 1.45. The van der Waals surface area contributed by atoms with Gasteiger partial charge in [-0.1, -0.05) is 12.1 Å². The molecular formula is C23H28N3O3S+. The SMILES string of the molecule is COc1ccc(OC)c([C@H]2CCC[NH+]2CC(=O)N(C)Cc2nc3ccccc3s2)c1. The van der Waals surface area contributed by atoms with E-state index < -0.39 is 0 Å². The van der Waals surface area contributed by atoms with E-state index in [1.807, 2.05) is 43.4 Å². The number of nitrogens with zero attached hydrogens (tertiary/aromatic N) is 2. The van der Waals surface area contributed by atoms with Crippen LogP contribution in [0.15, 0.2) is 42.5 Å². The van der Waals surface area contributed by atoms with Crippen molar-refractivity contribution in [2.75, 3.05) is 34.4 Å². The van der Waals surface area contributed by atoms with Gasteiger partial charge in [-0.25, -0.2) is 4.98 Å². The van der Waals surface area contributed by atoms with Gasteiger partial charge in [0.05, 0.1) is 43.1 Å². The summed E-state index contributed by atoms with van der Waals surface area (Å²) in [6.45, 7) is 1.98. The number of fused-ring (bicyclic) bond motifs is 1. The minimum absolute atomic E-state index is 0.137. The summed E-state index contributed by atoms with van der Waals surface area (Å²) in [6, 6.07) is 14.2. The number of aromatic nitrogens is 1. The maximum absolute atomic E-state index is 13.0. The molecule has 1 N–H and O–H groups in total. The molecule has 2 heterocycles. The second kappa shape index (κ2) is 9.02. The third kappa shape index (κ3) is 4.27. The number of likely N-dealkylation sites (tertiary alicyclic amines) is 1. The highest BCUT2D eigenvalue weighted by atomic mass is 32.1. The summed E-state index contributed by atoms with van der Waals surface area (Å²) in [7, 11) is 5.23. The average Bonchev–Trinajstić information content (AvgIpc) is 3.39. The molecule has 0 saturated carbocycles. The van der Waals surface area contributed by atoms with Crippen LogP contribution in [0.4, 0.5) is 0 Å². The van der Waals surface area contributed by atoms with Crippen molar-refractivity contribution in [3.8, 4) is 11.5 Å². The molecule has 1 aliphatic heterocycles. The number of methoxy groups -OCH3 is 2. The Kier molecular flexibility index (Phi) is 6.20. The van der Waals surface area contributed by atoms with Crippen LogP contribution < -0.4 is 14.4 Å². The first-order chi connectivity index (χ1) is 14.6. The number of hydrogen-bond donors (Lipinski definition) is 1. The minimum atomic E-state index is 0.137. The molecule has 1 saturated heterocycles. The van der Waals surface area contributed by atoms with Crippen molar-refractivity contribution < 1.29 is 19.2 Å². The lowest BCUT2D eigenvalue weighted by Crippen LogP contribution is -3.11. The van der Waals surface area contributed by atoms with Gasteiger partial charge < -0.3 is 19.3 Å². The summed E-state index contributed by atoms with van der Waals surface area (Å²) in [5.41, 5.74) is 2.11. The summed E-state index contributed by atoms with van der Waals surface area (Å²) in [6.07, 6.45) is 2.13. The molecule has 30 heavy (non-hydrogen) atoms. The second-order valence-electron chi connectivity index (χ2n) is 7.71. The molecule has 3 aromatic rings. The minimum Gasteiger partial charge on any atom is -0.497 e. The predicted molar refractivity (Wildman–Crippen MR) is 118 cm³/mol. The van der Waals surface area contributed by atoms with Crippen molar-refractivity contribution in [3.63, 3.8) is 0 Å². The van der Waals surface area contributed by atoms with Crippen molar-refractivity contribution in [1.29, 1.82) is 0 Å². The molecule has 2 aromatic carbocycles. The first kappa shape index (κ1) is 20.6. The number of likely N-dealkylation sites (N-methyl/N-ethyl adjacent to an activating group) is 1. The molecule has 1 fully saturated rings. The van der Waals surface area contributed by atoms with Crippen molar-refractivity contribution >= 4 is 27.5 Å². The van der Waals surface area contributed by atoms with E-state index in [0.29, 0.717) is 13.1 Å². The molecule has 1 unspecified atom stereocenters. The number of quaternary nitrogens is 1. The third-order valence-corrected chi connectivity index (χ3v) is 6.83. The van der Waals surface area contributed by atoms with Gasteiger partial charge in [0.1, 0.15) is 22.5 Å². The van der Waals surface area contributed by atoms with E-state index in [1.165, 1.54) is 4.90 Å². The van der Waals surface area contributed by atoms with Crippen molar-refractivity contribution in [3.05, 3.63) is 53.0 Å². The lowest BCUT2D eigenvalue weighted by atomic mass is 10.0. The summed E-state index contributed by atoms with van der Waals surface area (Å²) in [5, 5.41) is 0.967. The number of thiazole rings is 1. The molecule has 6 nitrogen and oxygen atoms in total. The van der Waals surface area contributed by atoms with E-state index in [9.17, 15) is 4.79 Å². The van der Waals surface area contributed by atoms with Gasteiger partial charge >= 0.3 is 0 Å². The van der Waals surface area contributed by atoms with Gasteiger partial charge in [-0.15, -0.1) is 11.3 Å². The molecule has 158 valence electrons. The normalized spacial score (nSPS) is 18.5. The van der Waals surface area contributed by atoms with E-state index in [0.717, 1.165) is 51.7 Å². The first-order valence-electron chi connectivity index (χ1n) is 10.2. The number of rotatable bonds is 7. The van der Waals surface area contributed by atoms with Crippen LogP contribution in [0.3, 0.4) is 0 Å². The number of carbonyl (C=O) groups is 1. The maximum Gasteiger partial charge on any atom is 0.277 e. The van der Waals surface area contributed by atoms with Gasteiger partial charge in [0.25, 0.3) is 5.91 Å². The lowest BCUT2D eigenvalue weighted by molar-refractivity contribution is -0.910. The molecule has 1 amide bonds. The van der Waals surface area contributed by atoms with Crippen molar-refractivity contribution in [1.82, 2.24) is 9.88 Å². The number of ether oxygens (including phenoxy) is 2. The summed E-state index contributed by atoms with van der Waals surface area (Å²) < 4.78 is 12.2. The van der Waals surface area contributed by atoms with Crippen LogP contribution in [0.1, 0.15) is 29.5 Å². The molecule has 0 bridgehead atoms. The Morgan fingerprint density at radius 3 is 2.83 bits per heavy atom. The van der Waals surface area contributed by atoms with Crippen molar-refractivity contribution in [2.24, 2.45) is 0 Å². The zero-order valence-corrected chi connectivity index (χ0v) is 18.5. The lowest BCUT2D eigenvalue weighted by Gasteiger charge is -2.25. The Labute approximate surface area is 181 Å². The van der Waals surface area contributed by atoms with Crippen LogP contribution in [-0.2, 0) is 11.3 Å². The quantitative estimate of drug-likeness (QED) is 0.631. The number of nitrogens with one attached hydrogen (secondary N) is 1. The highest BCUT2D eigenvalue weighted by Crippen LogP contribution is 2.31. The molecule has 1 aliphatic rings. The number of hydrogen-bond acceptors (Lipinski definition) is 5. The average molecular weight is 427 g/mol. The summed E-state index contributed by atoms with van der Waals surface area (Å²) in [5.74, 6) is 1.81. The molecule has 4 rings (SSSR count). The van der Waals surface area contributed by atoms with E-state index in [2.05, 4.69) is 11.1 Å². The highest BCUT2D eigenvalue weighted by Gasteiger charge is 2.34. The molecule has 2 atom stereocenters. The fourth-order valence-electron chi connectivity index (χ4n) is 4.22. The standard InChI is InChI=1S/C23H27N3O3S/c1-25(14-22-24-18-7-4-5-9-21(18)30-22)23(27)15-26-12-6-8-19(26)17-13-16(28-2)10-11-20(17)29-3/h4-5,7,9-11,13,19H,6,8,12,14-15H2,1-3H3/p+1/t19-/m1/s1. The van der Waals surface area contributed by atoms with E-state index >= 15 is 0 Å². The zero-order valence-electron chi connectivity index (χ0n) is 17.7. The van der Waals surface area contributed by atoms with E-state index in [4.69, 9.17) is 9.47 Å². The van der Waals surface area contributed by atoms with E-state index in [-0.39, 0.29) is 11.9 Å². The molecule has 1 aromatic heterocycles. The zero-order chi connectivity index (χ0) is 21.1. The third-order valence-electron chi connectivity index (χ3n) is 5.81. The van der Waals surface area contributed by atoms with E-state index in [1.54, 1.807) is 30.5 Å². The maximum atomic E-state index is 13.0. The number of carbonyl (C=O) groups excluding carboxylic acids is 1. The molecular weight excluding hydrogens is 398 g/mol. The van der Waals surface area contributed by atoms with Gasteiger partial charge in [-0.05, 0) is 30.3 Å². The Morgan fingerprint density at radius 1 is 1.23 bits per heavy atom. The number of para-hydroxylation sites is 1. The summed E-state index contributed by atoms with van der Waals surface area (Å²) in [4.78, 5) is 20.7. The Bertz CT molecular complexity index is 1000. The van der Waals surface area contributed by atoms with Gasteiger partial charge in [-0.2, -0.15) is 0 Å². The largest absolute Gasteiger partial charge is 0.497 e. The smallest absolute Gasteiger partial charge is 0.277 e. The van der Waals surface area contributed by atoms with Gasteiger partial charge in [-0.3, -0.25) is 4.79 Å². The van der Waals surface area contributed by atoms with Crippen LogP contribution in [0.25, 0.3) is 10.2 Å².